The lowest BCUT2D eigenvalue weighted by Crippen LogP contribution is -2.07. The minimum Gasteiger partial charge on any atom is -0.490 e. The summed E-state index contributed by atoms with van der Waals surface area (Å²) in [5, 5.41) is 8.62. The summed E-state index contributed by atoms with van der Waals surface area (Å²) >= 11 is 0. The van der Waals surface area contributed by atoms with Crippen LogP contribution in [0.15, 0.2) is 30.3 Å². The zero-order valence-corrected chi connectivity index (χ0v) is 7.01. The average molecular weight is 178 g/mol. The number of rotatable bonds is 3. The molecule has 1 saturated carbocycles. The quantitative estimate of drug-likeness (QED) is 0.763. The molecular formula is C10H10O3. The van der Waals surface area contributed by atoms with Gasteiger partial charge in [-0.1, -0.05) is 18.2 Å². The van der Waals surface area contributed by atoms with Crippen LogP contribution in [0.3, 0.4) is 0 Å². The molecule has 0 radical (unpaired) electrons. The molecule has 2 rings (SSSR count). The molecule has 0 bridgehead atoms. The first-order chi connectivity index (χ1) is 6.27. The van der Waals surface area contributed by atoms with Crippen molar-refractivity contribution < 1.29 is 14.6 Å². The number of aliphatic carboxylic acids is 1. The molecule has 1 fully saturated rings. The summed E-state index contributed by atoms with van der Waals surface area (Å²) in [5.74, 6) is -0.322. The van der Waals surface area contributed by atoms with Crippen molar-refractivity contribution in [2.45, 2.75) is 12.5 Å². The van der Waals surface area contributed by atoms with E-state index in [2.05, 4.69) is 0 Å². The highest BCUT2D eigenvalue weighted by Gasteiger charge is 2.45. The largest absolute Gasteiger partial charge is 0.490 e. The summed E-state index contributed by atoms with van der Waals surface area (Å²) in [5.41, 5.74) is 0. The van der Waals surface area contributed by atoms with Crippen molar-refractivity contribution >= 4 is 5.97 Å². The fourth-order valence-corrected chi connectivity index (χ4v) is 1.24. The predicted molar refractivity (Wildman–Crippen MR) is 46.6 cm³/mol. The first kappa shape index (κ1) is 8.10. The normalized spacial score (nSPS) is 25.2. The van der Waals surface area contributed by atoms with Crippen molar-refractivity contribution in [3.05, 3.63) is 30.3 Å². The van der Waals surface area contributed by atoms with Crippen LogP contribution in [0, 0.1) is 5.92 Å². The molecule has 0 aliphatic heterocycles. The Kier molecular flexibility index (Phi) is 1.93. The Morgan fingerprint density at radius 2 is 2.08 bits per heavy atom. The third-order valence-electron chi connectivity index (χ3n) is 2.08. The van der Waals surface area contributed by atoms with Crippen LogP contribution in [0.4, 0.5) is 0 Å². The number of carboxylic acid groups (broad SMARTS) is 1. The lowest BCUT2D eigenvalue weighted by Gasteiger charge is -2.02. The van der Waals surface area contributed by atoms with Crippen molar-refractivity contribution in [1.82, 2.24) is 0 Å². The molecule has 1 aromatic rings. The molecule has 1 aliphatic rings. The van der Waals surface area contributed by atoms with E-state index in [1.165, 1.54) is 0 Å². The van der Waals surface area contributed by atoms with Crippen LogP contribution in [-0.4, -0.2) is 17.2 Å². The highest BCUT2D eigenvalue weighted by molar-refractivity contribution is 5.74. The summed E-state index contributed by atoms with van der Waals surface area (Å²) in [4.78, 5) is 10.5. The van der Waals surface area contributed by atoms with Crippen molar-refractivity contribution in [3.8, 4) is 5.75 Å². The second kappa shape index (κ2) is 3.09. The van der Waals surface area contributed by atoms with E-state index in [0.29, 0.717) is 6.42 Å². The fourth-order valence-electron chi connectivity index (χ4n) is 1.24. The van der Waals surface area contributed by atoms with E-state index in [1.807, 2.05) is 30.3 Å². The molecule has 1 N–H and O–H groups in total. The summed E-state index contributed by atoms with van der Waals surface area (Å²) in [6.07, 6.45) is 0.504. The standard InChI is InChI=1S/C10H10O3/c11-10(12)8-6-9(8)13-7-4-2-1-3-5-7/h1-5,8-9H,6H2,(H,11,12)/t8-,9+/m1/s1. The van der Waals surface area contributed by atoms with Gasteiger partial charge >= 0.3 is 5.97 Å². The van der Waals surface area contributed by atoms with E-state index in [0.717, 1.165) is 5.75 Å². The molecule has 0 aromatic heterocycles. The van der Waals surface area contributed by atoms with Gasteiger partial charge in [0, 0.05) is 6.42 Å². The smallest absolute Gasteiger partial charge is 0.310 e. The molecule has 0 saturated heterocycles. The Bertz CT molecular complexity index is 307. The second-order valence-electron chi connectivity index (χ2n) is 3.15. The Hall–Kier alpha value is -1.51. The summed E-state index contributed by atoms with van der Waals surface area (Å²) < 4.78 is 5.42. The molecule has 1 aliphatic carbocycles. The van der Waals surface area contributed by atoms with Crippen molar-refractivity contribution in [2.24, 2.45) is 5.92 Å². The Labute approximate surface area is 76.0 Å². The summed E-state index contributed by atoms with van der Waals surface area (Å²) in [6, 6.07) is 9.30. The molecule has 3 nitrogen and oxygen atoms in total. The minimum atomic E-state index is -0.763. The maximum absolute atomic E-state index is 10.5. The van der Waals surface area contributed by atoms with Crippen molar-refractivity contribution in [2.75, 3.05) is 0 Å². The fraction of sp³-hybridized carbons (Fsp3) is 0.300. The van der Waals surface area contributed by atoms with Crippen LogP contribution >= 0.6 is 0 Å². The number of para-hydroxylation sites is 1. The van der Waals surface area contributed by atoms with Crippen LogP contribution in [0.25, 0.3) is 0 Å². The van der Waals surface area contributed by atoms with Gasteiger partial charge in [0.05, 0.1) is 5.92 Å². The van der Waals surface area contributed by atoms with Gasteiger partial charge in [-0.25, -0.2) is 0 Å². The third-order valence-corrected chi connectivity index (χ3v) is 2.08. The van der Waals surface area contributed by atoms with E-state index in [9.17, 15) is 4.79 Å². The highest BCUT2D eigenvalue weighted by Crippen LogP contribution is 2.34. The molecule has 0 heterocycles. The predicted octanol–water partition coefficient (Wildman–Crippen LogP) is 1.54. The average Bonchev–Trinajstić information content (AvgIpc) is 2.86. The van der Waals surface area contributed by atoms with Crippen LogP contribution in [0.1, 0.15) is 6.42 Å². The monoisotopic (exact) mass is 178 g/mol. The number of ether oxygens (including phenoxy) is 1. The topological polar surface area (TPSA) is 46.5 Å². The Morgan fingerprint density at radius 3 is 2.62 bits per heavy atom. The summed E-state index contributed by atoms with van der Waals surface area (Å²) in [7, 11) is 0. The van der Waals surface area contributed by atoms with E-state index in [-0.39, 0.29) is 12.0 Å². The number of benzene rings is 1. The van der Waals surface area contributed by atoms with Gasteiger partial charge in [-0.3, -0.25) is 4.79 Å². The number of hydrogen-bond donors (Lipinski definition) is 1. The first-order valence-electron chi connectivity index (χ1n) is 4.22. The van der Waals surface area contributed by atoms with Crippen LogP contribution in [0.2, 0.25) is 0 Å². The maximum Gasteiger partial charge on any atom is 0.310 e. The third kappa shape index (κ3) is 1.80. The van der Waals surface area contributed by atoms with Gasteiger partial charge in [-0.15, -0.1) is 0 Å². The second-order valence-corrected chi connectivity index (χ2v) is 3.15. The first-order valence-corrected chi connectivity index (χ1v) is 4.22. The van der Waals surface area contributed by atoms with Gasteiger partial charge in [0.25, 0.3) is 0 Å². The molecule has 13 heavy (non-hydrogen) atoms. The van der Waals surface area contributed by atoms with E-state index in [4.69, 9.17) is 9.84 Å². The van der Waals surface area contributed by atoms with E-state index in [1.54, 1.807) is 0 Å². The molecular weight excluding hydrogens is 168 g/mol. The van der Waals surface area contributed by atoms with Crippen molar-refractivity contribution in [1.29, 1.82) is 0 Å². The molecule has 0 spiro atoms. The minimum absolute atomic E-state index is 0.125. The van der Waals surface area contributed by atoms with Crippen molar-refractivity contribution in [3.63, 3.8) is 0 Å². The van der Waals surface area contributed by atoms with E-state index < -0.39 is 5.97 Å². The Balaban J connectivity index is 1.92. The van der Waals surface area contributed by atoms with E-state index >= 15 is 0 Å². The zero-order valence-electron chi connectivity index (χ0n) is 7.01. The molecule has 68 valence electrons. The van der Waals surface area contributed by atoms with Gasteiger partial charge in [0.2, 0.25) is 0 Å². The lowest BCUT2D eigenvalue weighted by atomic mass is 10.3. The van der Waals surface area contributed by atoms with Crippen LogP contribution in [0.5, 0.6) is 5.75 Å². The summed E-state index contributed by atoms with van der Waals surface area (Å²) in [6.45, 7) is 0. The maximum atomic E-state index is 10.5. The lowest BCUT2D eigenvalue weighted by molar-refractivity contribution is -0.139. The number of hydrogen-bond acceptors (Lipinski definition) is 2. The molecule has 1 aromatic carbocycles. The molecule has 2 atom stereocenters. The Morgan fingerprint density at radius 1 is 1.38 bits per heavy atom. The van der Waals surface area contributed by atoms with Gasteiger partial charge < -0.3 is 9.84 Å². The molecule has 0 unspecified atom stereocenters. The highest BCUT2D eigenvalue weighted by atomic mass is 16.5. The number of carboxylic acids is 1. The van der Waals surface area contributed by atoms with Crippen LogP contribution < -0.4 is 4.74 Å². The van der Waals surface area contributed by atoms with Gasteiger partial charge in [0.15, 0.2) is 0 Å². The molecule has 0 amide bonds. The number of carbonyl (C=O) groups is 1. The zero-order chi connectivity index (χ0) is 9.26. The SMILES string of the molecule is O=C(O)[C@@H]1C[C@@H]1Oc1ccccc1. The van der Waals surface area contributed by atoms with Gasteiger partial charge in [-0.2, -0.15) is 0 Å². The molecule has 3 heteroatoms. The van der Waals surface area contributed by atoms with Crippen LogP contribution in [-0.2, 0) is 4.79 Å². The van der Waals surface area contributed by atoms with Gasteiger partial charge in [-0.05, 0) is 12.1 Å². The van der Waals surface area contributed by atoms with Gasteiger partial charge in [0.1, 0.15) is 11.9 Å².